The van der Waals surface area contributed by atoms with Gasteiger partial charge in [0.15, 0.2) is 0 Å². The topological polar surface area (TPSA) is 32.5 Å². The van der Waals surface area contributed by atoms with Gasteiger partial charge in [0.25, 0.3) is 0 Å². The van der Waals surface area contributed by atoms with E-state index in [9.17, 15) is 0 Å². The van der Waals surface area contributed by atoms with Crippen molar-refractivity contribution in [2.45, 2.75) is 32.7 Å². The first kappa shape index (κ1) is 13.2. The van der Waals surface area contributed by atoms with Gasteiger partial charge in [-0.25, -0.2) is 0 Å². The molecule has 100 valence electrons. The molecule has 1 fully saturated rings. The maximum Gasteiger partial charge on any atom is 0.0368 e. The molecule has 2 N–H and O–H groups in total. The lowest BCUT2D eigenvalue weighted by Gasteiger charge is -2.33. The molecular weight excluding hydrogens is 222 g/mol. The average Bonchev–Trinajstić information content (AvgIpc) is 2.41. The second-order valence-electron chi connectivity index (χ2n) is 5.04. The van der Waals surface area contributed by atoms with Crippen molar-refractivity contribution in [3.8, 4) is 0 Å². The summed E-state index contributed by atoms with van der Waals surface area (Å²) < 4.78 is 0. The second kappa shape index (κ2) is 6.10. The van der Waals surface area contributed by atoms with Gasteiger partial charge in [-0.1, -0.05) is 0 Å². The highest BCUT2D eigenvalue weighted by atomic mass is 15.2. The van der Waals surface area contributed by atoms with Crippen LogP contribution in [0.3, 0.4) is 0 Å². The van der Waals surface area contributed by atoms with E-state index in [0.29, 0.717) is 6.04 Å². The highest BCUT2D eigenvalue weighted by molar-refractivity contribution is 5.56. The summed E-state index contributed by atoms with van der Waals surface area (Å²) in [5.74, 6) is 0. The summed E-state index contributed by atoms with van der Waals surface area (Å²) in [6.45, 7) is 8.64. The highest BCUT2D eigenvalue weighted by Gasteiger charge is 2.16. The third-order valence-corrected chi connectivity index (χ3v) is 3.80. The van der Waals surface area contributed by atoms with Crippen molar-refractivity contribution in [1.82, 2.24) is 0 Å². The van der Waals surface area contributed by atoms with Crippen molar-refractivity contribution < 1.29 is 0 Å². The van der Waals surface area contributed by atoms with Crippen molar-refractivity contribution in [3.05, 3.63) is 24.3 Å². The molecule has 0 aliphatic carbocycles. The standard InChI is InChI=1S/C15H25N3/c1-3-17(4-2)14-7-9-15(10-8-14)18-11-5-6-13(16)12-18/h7-10,13H,3-6,11-12,16H2,1-2H3. The van der Waals surface area contributed by atoms with E-state index in [2.05, 4.69) is 47.9 Å². The molecule has 1 saturated heterocycles. The Bertz CT molecular complexity index is 357. The van der Waals surface area contributed by atoms with E-state index >= 15 is 0 Å². The summed E-state index contributed by atoms with van der Waals surface area (Å²) in [4.78, 5) is 4.77. The number of anilines is 2. The lowest BCUT2D eigenvalue weighted by Crippen LogP contribution is -2.42. The van der Waals surface area contributed by atoms with Crippen LogP contribution in [0.15, 0.2) is 24.3 Å². The van der Waals surface area contributed by atoms with Crippen LogP contribution in [-0.4, -0.2) is 32.2 Å². The van der Waals surface area contributed by atoms with Gasteiger partial charge in [-0.3, -0.25) is 0 Å². The van der Waals surface area contributed by atoms with E-state index in [4.69, 9.17) is 5.73 Å². The minimum atomic E-state index is 0.334. The first-order valence-electron chi connectivity index (χ1n) is 7.10. The van der Waals surface area contributed by atoms with Gasteiger partial charge >= 0.3 is 0 Å². The van der Waals surface area contributed by atoms with Crippen molar-refractivity contribution in [3.63, 3.8) is 0 Å². The normalized spacial score (nSPS) is 19.9. The molecule has 0 radical (unpaired) electrons. The van der Waals surface area contributed by atoms with Gasteiger partial charge in [0.2, 0.25) is 0 Å². The number of nitrogens with two attached hydrogens (primary N) is 1. The van der Waals surface area contributed by atoms with Crippen LogP contribution in [0.1, 0.15) is 26.7 Å². The van der Waals surface area contributed by atoms with E-state index in [1.165, 1.54) is 17.8 Å². The number of benzene rings is 1. The first-order valence-corrected chi connectivity index (χ1v) is 7.10. The number of hydrogen-bond donors (Lipinski definition) is 1. The van der Waals surface area contributed by atoms with E-state index in [1.54, 1.807) is 0 Å². The molecule has 2 rings (SSSR count). The molecule has 3 heteroatoms. The van der Waals surface area contributed by atoms with Crippen LogP contribution in [0.5, 0.6) is 0 Å². The predicted molar refractivity (Wildman–Crippen MR) is 79.4 cm³/mol. The fourth-order valence-corrected chi connectivity index (χ4v) is 2.71. The van der Waals surface area contributed by atoms with Crippen LogP contribution in [0, 0.1) is 0 Å². The van der Waals surface area contributed by atoms with E-state index < -0.39 is 0 Å². The van der Waals surface area contributed by atoms with E-state index in [-0.39, 0.29) is 0 Å². The monoisotopic (exact) mass is 247 g/mol. The SMILES string of the molecule is CCN(CC)c1ccc(N2CCCC(N)C2)cc1. The molecule has 1 unspecified atom stereocenters. The molecule has 1 aliphatic heterocycles. The van der Waals surface area contributed by atoms with Crippen LogP contribution < -0.4 is 15.5 Å². The Morgan fingerprint density at radius 2 is 1.89 bits per heavy atom. The molecule has 1 aromatic rings. The van der Waals surface area contributed by atoms with Crippen LogP contribution in [0.2, 0.25) is 0 Å². The lowest BCUT2D eigenvalue weighted by atomic mass is 10.1. The molecule has 3 nitrogen and oxygen atoms in total. The summed E-state index contributed by atoms with van der Waals surface area (Å²) in [6, 6.07) is 9.24. The molecule has 0 saturated carbocycles. The Hall–Kier alpha value is -1.22. The summed E-state index contributed by atoms with van der Waals surface area (Å²) in [7, 11) is 0. The highest BCUT2D eigenvalue weighted by Crippen LogP contribution is 2.23. The summed E-state index contributed by atoms with van der Waals surface area (Å²) in [6.07, 6.45) is 2.37. The summed E-state index contributed by atoms with van der Waals surface area (Å²) in [5, 5.41) is 0. The minimum absolute atomic E-state index is 0.334. The zero-order chi connectivity index (χ0) is 13.0. The van der Waals surface area contributed by atoms with E-state index in [1.807, 2.05) is 0 Å². The first-order chi connectivity index (χ1) is 8.74. The number of hydrogen-bond acceptors (Lipinski definition) is 3. The average molecular weight is 247 g/mol. The molecule has 1 aromatic carbocycles. The van der Waals surface area contributed by atoms with Gasteiger partial charge < -0.3 is 15.5 Å². The maximum atomic E-state index is 6.03. The number of nitrogens with zero attached hydrogens (tertiary/aromatic N) is 2. The fraction of sp³-hybridized carbons (Fsp3) is 0.600. The van der Waals surface area contributed by atoms with Gasteiger partial charge in [-0.15, -0.1) is 0 Å². The smallest absolute Gasteiger partial charge is 0.0368 e. The Labute approximate surface area is 111 Å². The van der Waals surface area contributed by atoms with Gasteiger partial charge in [0, 0.05) is 43.6 Å². The summed E-state index contributed by atoms with van der Waals surface area (Å²) >= 11 is 0. The van der Waals surface area contributed by atoms with Crippen molar-refractivity contribution in [2.24, 2.45) is 5.73 Å². The molecule has 0 amide bonds. The third-order valence-electron chi connectivity index (χ3n) is 3.80. The Morgan fingerprint density at radius 3 is 2.44 bits per heavy atom. The Morgan fingerprint density at radius 1 is 1.22 bits per heavy atom. The van der Waals surface area contributed by atoms with Gasteiger partial charge in [0.05, 0.1) is 0 Å². The summed E-state index contributed by atoms with van der Waals surface area (Å²) in [5.41, 5.74) is 8.65. The predicted octanol–water partition coefficient (Wildman–Crippen LogP) is 2.46. The molecular formula is C15H25N3. The number of rotatable bonds is 4. The van der Waals surface area contributed by atoms with Crippen molar-refractivity contribution >= 4 is 11.4 Å². The van der Waals surface area contributed by atoms with Crippen molar-refractivity contribution in [1.29, 1.82) is 0 Å². The Balaban J connectivity index is 2.07. The van der Waals surface area contributed by atoms with Crippen LogP contribution in [-0.2, 0) is 0 Å². The van der Waals surface area contributed by atoms with Crippen molar-refractivity contribution in [2.75, 3.05) is 36.0 Å². The maximum absolute atomic E-state index is 6.03. The van der Waals surface area contributed by atoms with Crippen LogP contribution in [0.25, 0.3) is 0 Å². The minimum Gasteiger partial charge on any atom is -0.372 e. The molecule has 18 heavy (non-hydrogen) atoms. The molecule has 0 spiro atoms. The molecule has 0 aromatic heterocycles. The quantitative estimate of drug-likeness (QED) is 0.887. The zero-order valence-electron chi connectivity index (χ0n) is 11.6. The van der Waals surface area contributed by atoms with E-state index in [0.717, 1.165) is 32.6 Å². The Kier molecular flexibility index (Phi) is 4.48. The van der Waals surface area contributed by atoms with Crippen LogP contribution in [0.4, 0.5) is 11.4 Å². The zero-order valence-corrected chi connectivity index (χ0v) is 11.6. The second-order valence-corrected chi connectivity index (χ2v) is 5.04. The molecule has 1 heterocycles. The fourth-order valence-electron chi connectivity index (χ4n) is 2.71. The van der Waals surface area contributed by atoms with Gasteiger partial charge in [0.1, 0.15) is 0 Å². The van der Waals surface area contributed by atoms with Gasteiger partial charge in [-0.05, 0) is 51.0 Å². The molecule has 1 atom stereocenters. The van der Waals surface area contributed by atoms with Crippen LogP contribution >= 0.6 is 0 Å². The van der Waals surface area contributed by atoms with Gasteiger partial charge in [-0.2, -0.15) is 0 Å². The third kappa shape index (κ3) is 2.96. The largest absolute Gasteiger partial charge is 0.372 e. The number of piperidine rings is 1. The molecule has 0 bridgehead atoms. The molecule has 1 aliphatic rings. The lowest BCUT2D eigenvalue weighted by molar-refractivity contribution is 0.506.